The molecule has 0 spiro atoms. The zero-order chi connectivity index (χ0) is 16.2. The summed E-state index contributed by atoms with van der Waals surface area (Å²) in [7, 11) is 1.54. The van der Waals surface area contributed by atoms with Crippen LogP contribution in [-0.4, -0.2) is 25.5 Å². The van der Waals surface area contributed by atoms with Crippen LogP contribution in [0.15, 0.2) is 47.5 Å². The molecule has 118 valence electrons. The van der Waals surface area contributed by atoms with Gasteiger partial charge >= 0.3 is 0 Å². The van der Waals surface area contributed by atoms with Crippen molar-refractivity contribution in [1.82, 2.24) is 19.6 Å². The monoisotopic (exact) mass is 311 g/mol. The minimum absolute atomic E-state index is 0.0738. The van der Waals surface area contributed by atoms with Gasteiger partial charge in [-0.15, -0.1) is 5.10 Å². The predicted octanol–water partition coefficient (Wildman–Crippen LogP) is 1.55. The van der Waals surface area contributed by atoms with Gasteiger partial charge in [0.15, 0.2) is 0 Å². The van der Waals surface area contributed by atoms with Crippen LogP contribution in [0.25, 0.3) is 10.9 Å². The van der Waals surface area contributed by atoms with Crippen molar-refractivity contribution in [2.45, 2.75) is 19.4 Å². The molecule has 1 aromatic carbocycles. The highest BCUT2D eigenvalue weighted by molar-refractivity contribution is 5.93. The van der Waals surface area contributed by atoms with Crippen molar-refractivity contribution in [3.05, 3.63) is 53.1 Å². The van der Waals surface area contributed by atoms with Gasteiger partial charge in [0.05, 0.1) is 5.39 Å². The minimum atomic E-state index is -0.237. The Labute approximate surface area is 132 Å². The number of rotatable bonds is 5. The summed E-state index contributed by atoms with van der Waals surface area (Å²) in [6.45, 7) is 0.800. The minimum Gasteiger partial charge on any atom is -0.354 e. The maximum absolute atomic E-state index is 12.0. The molecule has 7 nitrogen and oxygen atoms in total. The molecule has 0 aliphatic heterocycles. The molecule has 0 atom stereocenters. The average molecular weight is 311 g/mol. The predicted molar refractivity (Wildman–Crippen MR) is 87.1 cm³/mol. The van der Waals surface area contributed by atoms with E-state index in [4.69, 9.17) is 0 Å². The fourth-order valence-electron chi connectivity index (χ4n) is 2.37. The van der Waals surface area contributed by atoms with Gasteiger partial charge < -0.3 is 9.88 Å². The first-order chi connectivity index (χ1) is 11.1. The molecule has 2 aromatic heterocycles. The quantitative estimate of drug-likeness (QED) is 0.775. The first kappa shape index (κ1) is 15.0. The lowest BCUT2D eigenvalue weighted by atomic mass is 10.2. The molecule has 0 aliphatic rings. The van der Waals surface area contributed by atoms with Crippen LogP contribution in [0, 0.1) is 0 Å². The maximum atomic E-state index is 12.0. The highest BCUT2D eigenvalue weighted by Gasteiger charge is 2.07. The van der Waals surface area contributed by atoms with E-state index in [0.29, 0.717) is 23.0 Å². The van der Waals surface area contributed by atoms with Crippen LogP contribution in [0.2, 0.25) is 0 Å². The smallest absolute Gasteiger partial charge is 0.277 e. The number of nitrogens with zero attached hydrogens (tertiary/aromatic N) is 4. The Morgan fingerprint density at radius 3 is 2.83 bits per heavy atom. The Kier molecular flexibility index (Phi) is 4.18. The number of aryl methyl sites for hydroxylation is 2. The van der Waals surface area contributed by atoms with Gasteiger partial charge in [0.1, 0.15) is 5.52 Å². The fourth-order valence-corrected chi connectivity index (χ4v) is 2.37. The zero-order valence-electron chi connectivity index (χ0n) is 12.8. The molecule has 1 N–H and O–H groups in total. The standard InChI is InChI=1S/C16H17N5O2/c1-20-16(23)13-11-12(6-7-14(13)18-19-20)17-15(22)5-4-10-21-8-2-3-9-21/h2-3,6-9,11H,4-5,10H2,1H3,(H,17,22). The Bertz CT molecular complexity index is 883. The van der Waals surface area contributed by atoms with E-state index in [9.17, 15) is 9.59 Å². The number of hydrogen-bond acceptors (Lipinski definition) is 4. The summed E-state index contributed by atoms with van der Waals surface area (Å²) in [5.74, 6) is -0.0738. The van der Waals surface area contributed by atoms with Crippen molar-refractivity contribution in [2.75, 3.05) is 5.32 Å². The molecular weight excluding hydrogens is 294 g/mol. The van der Waals surface area contributed by atoms with Gasteiger partial charge in [-0.3, -0.25) is 9.59 Å². The third kappa shape index (κ3) is 3.45. The van der Waals surface area contributed by atoms with Crippen LogP contribution in [0.3, 0.4) is 0 Å². The second-order valence-electron chi connectivity index (χ2n) is 5.32. The van der Waals surface area contributed by atoms with Crippen molar-refractivity contribution >= 4 is 22.5 Å². The van der Waals surface area contributed by atoms with Crippen molar-refractivity contribution in [3.63, 3.8) is 0 Å². The third-order valence-electron chi connectivity index (χ3n) is 3.58. The zero-order valence-corrected chi connectivity index (χ0v) is 12.8. The van der Waals surface area contributed by atoms with E-state index in [-0.39, 0.29) is 11.5 Å². The van der Waals surface area contributed by atoms with Gasteiger partial charge in [0.2, 0.25) is 5.91 Å². The summed E-state index contributed by atoms with van der Waals surface area (Å²) in [5.41, 5.74) is 0.867. The molecular formula is C16H17N5O2. The second kappa shape index (κ2) is 6.43. The van der Waals surface area contributed by atoms with Gasteiger partial charge in [-0.05, 0) is 36.8 Å². The van der Waals surface area contributed by atoms with Crippen LogP contribution in [0.5, 0.6) is 0 Å². The Morgan fingerprint density at radius 1 is 1.26 bits per heavy atom. The van der Waals surface area contributed by atoms with Crippen LogP contribution in [0.1, 0.15) is 12.8 Å². The molecule has 7 heteroatoms. The first-order valence-corrected chi connectivity index (χ1v) is 7.38. The fraction of sp³-hybridized carbons (Fsp3) is 0.250. The van der Waals surface area contributed by atoms with E-state index in [0.717, 1.165) is 13.0 Å². The van der Waals surface area contributed by atoms with Gasteiger partial charge in [0.25, 0.3) is 5.56 Å². The number of carbonyl (C=O) groups excluding carboxylic acids is 1. The number of anilines is 1. The molecule has 0 saturated carbocycles. The van der Waals surface area contributed by atoms with E-state index in [2.05, 4.69) is 15.6 Å². The summed E-state index contributed by atoms with van der Waals surface area (Å²) in [5, 5.41) is 10.9. The summed E-state index contributed by atoms with van der Waals surface area (Å²) < 4.78 is 3.21. The summed E-state index contributed by atoms with van der Waals surface area (Å²) in [6.07, 6.45) is 5.11. The Balaban J connectivity index is 1.65. The van der Waals surface area contributed by atoms with Gasteiger partial charge in [-0.25, -0.2) is 4.68 Å². The molecule has 0 fully saturated rings. The lowest BCUT2D eigenvalue weighted by Gasteiger charge is -2.07. The van der Waals surface area contributed by atoms with Crippen molar-refractivity contribution in [3.8, 4) is 0 Å². The molecule has 0 aliphatic carbocycles. The Morgan fingerprint density at radius 2 is 2.04 bits per heavy atom. The summed E-state index contributed by atoms with van der Waals surface area (Å²) in [6, 6.07) is 8.95. The topological polar surface area (TPSA) is 81.8 Å². The van der Waals surface area contributed by atoms with Crippen LogP contribution in [0.4, 0.5) is 5.69 Å². The SMILES string of the molecule is Cn1nnc2ccc(NC(=O)CCCn3cccc3)cc2c1=O. The lowest BCUT2D eigenvalue weighted by molar-refractivity contribution is -0.116. The number of amides is 1. The number of carbonyl (C=O) groups is 1. The molecule has 3 rings (SSSR count). The van der Waals surface area contributed by atoms with Crippen molar-refractivity contribution in [2.24, 2.45) is 7.05 Å². The van der Waals surface area contributed by atoms with E-state index < -0.39 is 0 Å². The maximum Gasteiger partial charge on any atom is 0.277 e. The summed E-state index contributed by atoms with van der Waals surface area (Å²) >= 11 is 0. The largest absolute Gasteiger partial charge is 0.354 e. The molecule has 0 unspecified atom stereocenters. The number of fused-ring (bicyclic) bond motifs is 1. The van der Waals surface area contributed by atoms with Crippen molar-refractivity contribution in [1.29, 1.82) is 0 Å². The first-order valence-electron chi connectivity index (χ1n) is 7.38. The molecule has 3 aromatic rings. The van der Waals surface area contributed by atoms with E-state index in [1.807, 2.05) is 29.1 Å². The van der Waals surface area contributed by atoms with Crippen LogP contribution < -0.4 is 10.9 Å². The normalized spacial score (nSPS) is 10.8. The number of benzene rings is 1. The molecule has 2 heterocycles. The lowest BCUT2D eigenvalue weighted by Crippen LogP contribution is -2.21. The van der Waals surface area contributed by atoms with Gasteiger partial charge in [-0.2, -0.15) is 0 Å². The highest BCUT2D eigenvalue weighted by atomic mass is 16.1. The third-order valence-corrected chi connectivity index (χ3v) is 3.58. The van der Waals surface area contributed by atoms with Gasteiger partial charge in [0, 0.05) is 38.1 Å². The van der Waals surface area contributed by atoms with Crippen molar-refractivity contribution < 1.29 is 4.79 Å². The van der Waals surface area contributed by atoms with Gasteiger partial charge in [-0.1, -0.05) is 5.21 Å². The molecule has 23 heavy (non-hydrogen) atoms. The van der Waals surface area contributed by atoms with E-state index >= 15 is 0 Å². The second-order valence-corrected chi connectivity index (χ2v) is 5.32. The summed E-state index contributed by atoms with van der Waals surface area (Å²) in [4.78, 5) is 24.0. The van der Waals surface area contributed by atoms with E-state index in [1.54, 1.807) is 25.2 Å². The number of hydrogen-bond donors (Lipinski definition) is 1. The number of nitrogens with one attached hydrogen (secondary N) is 1. The Hall–Kier alpha value is -2.96. The van der Waals surface area contributed by atoms with Crippen LogP contribution in [-0.2, 0) is 18.4 Å². The van der Waals surface area contributed by atoms with Crippen LogP contribution >= 0.6 is 0 Å². The molecule has 0 saturated heterocycles. The number of aromatic nitrogens is 4. The molecule has 0 bridgehead atoms. The highest BCUT2D eigenvalue weighted by Crippen LogP contribution is 2.14. The molecule has 0 radical (unpaired) electrons. The average Bonchev–Trinajstić information content (AvgIpc) is 3.05. The van der Waals surface area contributed by atoms with E-state index in [1.165, 1.54) is 4.68 Å². The molecule has 1 amide bonds.